The molecule has 0 saturated carbocycles. The lowest BCUT2D eigenvalue weighted by Crippen LogP contribution is -2.33. The van der Waals surface area contributed by atoms with Crippen LogP contribution in [0.4, 0.5) is 0 Å². The number of amides is 2. The van der Waals surface area contributed by atoms with Gasteiger partial charge in [0.15, 0.2) is 0 Å². The number of benzene rings is 1. The van der Waals surface area contributed by atoms with Gasteiger partial charge in [0.1, 0.15) is 0 Å². The first kappa shape index (κ1) is 11.8. The molecule has 0 atom stereocenters. The van der Waals surface area contributed by atoms with Gasteiger partial charge in [0.25, 0.3) is 5.91 Å². The van der Waals surface area contributed by atoms with Crippen molar-refractivity contribution in [2.45, 2.75) is 0 Å². The van der Waals surface area contributed by atoms with Gasteiger partial charge in [0, 0.05) is 5.56 Å². The summed E-state index contributed by atoms with van der Waals surface area (Å²) in [5, 5.41) is 2.97. The zero-order chi connectivity index (χ0) is 11.4. The van der Waals surface area contributed by atoms with Crippen molar-refractivity contribution in [2.75, 3.05) is 6.54 Å². The van der Waals surface area contributed by atoms with Gasteiger partial charge in [0.05, 0.1) is 16.6 Å². The summed E-state index contributed by atoms with van der Waals surface area (Å²) in [4.78, 5) is 21.8. The van der Waals surface area contributed by atoms with Gasteiger partial charge >= 0.3 is 0 Å². The summed E-state index contributed by atoms with van der Waals surface area (Å²) in [6, 6.07) is 4.42. The van der Waals surface area contributed by atoms with E-state index in [-0.39, 0.29) is 11.6 Å². The molecule has 0 aromatic heterocycles. The fourth-order valence-corrected chi connectivity index (χ4v) is 1.20. The number of nitrogens with one attached hydrogen (secondary N) is 1. The van der Waals surface area contributed by atoms with Gasteiger partial charge in [-0.2, -0.15) is 0 Å². The zero-order valence-electron chi connectivity index (χ0n) is 7.59. The molecule has 6 heteroatoms. The van der Waals surface area contributed by atoms with Crippen LogP contribution >= 0.6 is 23.2 Å². The minimum absolute atomic E-state index is 0.209. The van der Waals surface area contributed by atoms with Crippen LogP contribution in [-0.2, 0) is 4.79 Å². The minimum atomic E-state index is -0.608. The van der Waals surface area contributed by atoms with Crippen LogP contribution in [-0.4, -0.2) is 18.4 Å². The molecule has 0 saturated heterocycles. The van der Waals surface area contributed by atoms with Crippen LogP contribution in [0.1, 0.15) is 10.4 Å². The zero-order valence-corrected chi connectivity index (χ0v) is 9.10. The molecular formula is C9H8Cl2N2O2. The second kappa shape index (κ2) is 5.00. The molecule has 3 N–H and O–H groups in total. The molecular weight excluding hydrogens is 239 g/mol. The van der Waals surface area contributed by atoms with Crippen molar-refractivity contribution in [3.05, 3.63) is 33.8 Å². The Bertz CT molecular complexity index is 407. The first-order chi connectivity index (χ1) is 7.00. The van der Waals surface area contributed by atoms with E-state index in [0.29, 0.717) is 10.6 Å². The fraction of sp³-hybridized carbons (Fsp3) is 0.111. The maximum atomic E-state index is 11.4. The first-order valence-corrected chi connectivity index (χ1v) is 4.78. The number of hydrogen-bond acceptors (Lipinski definition) is 2. The Morgan fingerprint density at radius 2 is 1.93 bits per heavy atom. The van der Waals surface area contributed by atoms with Gasteiger partial charge in [-0.05, 0) is 18.2 Å². The molecule has 2 amide bonds. The highest BCUT2D eigenvalue weighted by molar-refractivity contribution is 6.42. The van der Waals surface area contributed by atoms with E-state index in [1.807, 2.05) is 0 Å². The van der Waals surface area contributed by atoms with Crippen LogP contribution in [0, 0.1) is 0 Å². The molecule has 0 bridgehead atoms. The highest BCUT2D eigenvalue weighted by Crippen LogP contribution is 2.22. The Hall–Kier alpha value is -1.26. The summed E-state index contributed by atoms with van der Waals surface area (Å²) < 4.78 is 0. The molecule has 0 aliphatic rings. The molecule has 15 heavy (non-hydrogen) atoms. The van der Waals surface area contributed by atoms with Crippen molar-refractivity contribution in [1.29, 1.82) is 0 Å². The van der Waals surface area contributed by atoms with E-state index in [1.54, 1.807) is 0 Å². The highest BCUT2D eigenvalue weighted by Gasteiger charge is 2.08. The maximum absolute atomic E-state index is 11.4. The molecule has 1 rings (SSSR count). The van der Waals surface area contributed by atoms with Gasteiger partial charge in [-0.15, -0.1) is 0 Å². The molecule has 0 aliphatic carbocycles. The summed E-state index contributed by atoms with van der Waals surface area (Å²) in [6.07, 6.45) is 0. The predicted octanol–water partition coefficient (Wildman–Crippen LogP) is 1.21. The lowest BCUT2D eigenvalue weighted by Gasteiger charge is -2.03. The monoisotopic (exact) mass is 246 g/mol. The third-order valence-corrected chi connectivity index (χ3v) is 2.34. The Morgan fingerprint density at radius 3 is 2.47 bits per heavy atom. The summed E-state index contributed by atoms with van der Waals surface area (Å²) >= 11 is 11.4. The van der Waals surface area contributed by atoms with Crippen molar-refractivity contribution in [2.24, 2.45) is 5.73 Å². The topological polar surface area (TPSA) is 72.2 Å². The maximum Gasteiger partial charge on any atom is 0.251 e. The molecule has 0 spiro atoms. The van der Waals surface area contributed by atoms with Crippen LogP contribution < -0.4 is 11.1 Å². The second-order valence-corrected chi connectivity index (χ2v) is 3.59. The highest BCUT2D eigenvalue weighted by atomic mass is 35.5. The molecule has 0 fully saturated rings. The van der Waals surface area contributed by atoms with Crippen LogP contribution in [0.25, 0.3) is 0 Å². The van der Waals surface area contributed by atoms with Crippen molar-refractivity contribution >= 4 is 35.0 Å². The molecule has 0 heterocycles. The van der Waals surface area contributed by atoms with E-state index in [4.69, 9.17) is 28.9 Å². The van der Waals surface area contributed by atoms with E-state index < -0.39 is 11.8 Å². The Kier molecular flexibility index (Phi) is 3.94. The lowest BCUT2D eigenvalue weighted by molar-refractivity contribution is -0.117. The van der Waals surface area contributed by atoms with Gasteiger partial charge in [-0.25, -0.2) is 0 Å². The van der Waals surface area contributed by atoms with E-state index in [1.165, 1.54) is 18.2 Å². The Morgan fingerprint density at radius 1 is 1.27 bits per heavy atom. The van der Waals surface area contributed by atoms with Crippen LogP contribution in [0.2, 0.25) is 10.0 Å². The molecule has 0 aliphatic heterocycles. The molecule has 0 unspecified atom stereocenters. The number of nitrogens with two attached hydrogens (primary N) is 1. The lowest BCUT2D eigenvalue weighted by atomic mass is 10.2. The third-order valence-electron chi connectivity index (χ3n) is 1.60. The Balaban J connectivity index is 2.74. The van der Waals surface area contributed by atoms with E-state index in [0.717, 1.165) is 0 Å². The number of primary amides is 1. The standard InChI is InChI=1S/C9H8Cl2N2O2/c10-6-2-1-5(3-7(6)11)9(15)13-4-8(12)14/h1-3H,4H2,(H2,12,14)(H,13,15). The molecule has 4 nitrogen and oxygen atoms in total. The quantitative estimate of drug-likeness (QED) is 0.842. The Labute approximate surface area is 96.3 Å². The predicted molar refractivity (Wildman–Crippen MR) is 58.0 cm³/mol. The van der Waals surface area contributed by atoms with Gasteiger partial charge < -0.3 is 11.1 Å². The average molecular weight is 247 g/mol. The smallest absolute Gasteiger partial charge is 0.251 e. The summed E-state index contributed by atoms with van der Waals surface area (Å²) in [5.74, 6) is -1.03. The minimum Gasteiger partial charge on any atom is -0.368 e. The third kappa shape index (κ3) is 3.42. The van der Waals surface area contributed by atoms with Crippen molar-refractivity contribution in [1.82, 2.24) is 5.32 Å². The first-order valence-electron chi connectivity index (χ1n) is 4.02. The van der Waals surface area contributed by atoms with Crippen molar-refractivity contribution in [3.8, 4) is 0 Å². The average Bonchev–Trinajstić information content (AvgIpc) is 2.18. The fourth-order valence-electron chi connectivity index (χ4n) is 0.907. The number of rotatable bonds is 3. The van der Waals surface area contributed by atoms with Crippen molar-refractivity contribution in [3.63, 3.8) is 0 Å². The summed E-state index contributed by atoms with van der Waals surface area (Å²) in [7, 11) is 0. The van der Waals surface area contributed by atoms with E-state index >= 15 is 0 Å². The molecule has 1 aromatic rings. The van der Waals surface area contributed by atoms with Crippen LogP contribution in [0.15, 0.2) is 18.2 Å². The number of carbonyl (C=O) groups excluding carboxylic acids is 2. The molecule has 1 aromatic carbocycles. The number of halogens is 2. The van der Waals surface area contributed by atoms with Gasteiger partial charge in [0.2, 0.25) is 5.91 Å². The van der Waals surface area contributed by atoms with Crippen molar-refractivity contribution < 1.29 is 9.59 Å². The van der Waals surface area contributed by atoms with Gasteiger partial charge in [-0.3, -0.25) is 9.59 Å². The van der Waals surface area contributed by atoms with E-state index in [2.05, 4.69) is 5.32 Å². The molecule has 80 valence electrons. The number of hydrogen-bond donors (Lipinski definition) is 2. The SMILES string of the molecule is NC(=O)CNC(=O)c1ccc(Cl)c(Cl)c1. The summed E-state index contributed by atoms with van der Waals surface area (Å²) in [5.41, 5.74) is 5.20. The number of carbonyl (C=O) groups is 2. The second-order valence-electron chi connectivity index (χ2n) is 2.78. The summed E-state index contributed by atoms with van der Waals surface area (Å²) in [6.45, 7) is -0.209. The van der Waals surface area contributed by atoms with Crippen LogP contribution in [0.3, 0.4) is 0 Å². The largest absolute Gasteiger partial charge is 0.368 e. The van der Waals surface area contributed by atoms with E-state index in [9.17, 15) is 9.59 Å². The normalized spacial score (nSPS) is 9.73. The van der Waals surface area contributed by atoms with Gasteiger partial charge in [-0.1, -0.05) is 23.2 Å². The molecule has 0 radical (unpaired) electrons. The van der Waals surface area contributed by atoms with Crippen LogP contribution in [0.5, 0.6) is 0 Å².